The molecule has 0 radical (unpaired) electrons. The highest BCUT2D eigenvalue weighted by molar-refractivity contribution is 8.02. The van der Waals surface area contributed by atoms with Crippen molar-refractivity contribution in [3.05, 3.63) is 58.9 Å². The van der Waals surface area contributed by atoms with Gasteiger partial charge in [0.05, 0.1) is 11.3 Å². The van der Waals surface area contributed by atoms with E-state index in [-0.39, 0.29) is 11.4 Å². The summed E-state index contributed by atoms with van der Waals surface area (Å²) in [4.78, 5) is 16.3. The van der Waals surface area contributed by atoms with Crippen molar-refractivity contribution >= 4 is 24.1 Å². The lowest BCUT2D eigenvalue weighted by molar-refractivity contribution is 0.0697. The number of aromatic nitrogens is 1. The second-order valence-corrected chi connectivity index (χ2v) is 5.79. The predicted molar refractivity (Wildman–Crippen MR) is 85.8 cm³/mol. The third-order valence-corrected chi connectivity index (χ3v) is 4.19. The summed E-state index contributed by atoms with van der Waals surface area (Å²) in [6.45, 7) is 0.760. The van der Waals surface area contributed by atoms with Crippen molar-refractivity contribution < 1.29 is 14.3 Å². The summed E-state index contributed by atoms with van der Waals surface area (Å²) in [6, 6.07) is 7.81. The molecule has 0 unspecified atom stereocenters. The number of hydrogen-bond donors (Lipinski definition) is 1. The van der Waals surface area contributed by atoms with Crippen LogP contribution >= 0.6 is 11.9 Å². The maximum absolute atomic E-state index is 14.0. The van der Waals surface area contributed by atoms with Crippen LogP contribution in [0.4, 0.5) is 4.39 Å². The lowest BCUT2D eigenvalue weighted by Crippen LogP contribution is -1.97. The quantitative estimate of drug-likeness (QED) is 0.932. The van der Waals surface area contributed by atoms with E-state index >= 15 is 0 Å². The van der Waals surface area contributed by atoms with Crippen molar-refractivity contribution in [1.82, 2.24) is 3.97 Å². The summed E-state index contributed by atoms with van der Waals surface area (Å²) >= 11 is 1.33. The largest absolute Gasteiger partial charge is 0.478 e. The molecular weight excluding hydrogens is 303 g/mol. The molecule has 1 aromatic carbocycles. The molecule has 6 heteroatoms. The molecule has 0 fully saturated rings. The Bertz CT molecular complexity index is 780. The van der Waals surface area contributed by atoms with Gasteiger partial charge in [-0.1, -0.05) is 18.2 Å². The van der Waals surface area contributed by atoms with Gasteiger partial charge in [0.25, 0.3) is 0 Å². The van der Waals surface area contributed by atoms with Crippen LogP contribution in [-0.2, 0) is 0 Å². The fraction of sp³-hybridized carbons (Fsp3) is 0.125. The Kier molecular flexibility index (Phi) is 4.11. The fourth-order valence-corrected chi connectivity index (χ4v) is 3.12. The van der Waals surface area contributed by atoms with E-state index in [1.54, 1.807) is 28.4 Å². The number of hydrogen-bond acceptors (Lipinski definition) is 3. The summed E-state index contributed by atoms with van der Waals surface area (Å²) in [5.74, 6) is -1.42. The number of dihydropyridines is 1. The van der Waals surface area contributed by atoms with E-state index in [1.807, 2.05) is 6.08 Å². The normalized spacial score (nSPS) is 14.0. The second kappa shape index (κ2) is 6.19. The molecule has 22 heavy (non-hydrogen) atoms. The molecule has 0 atom stereocenters. The van der Waals surface area contributed by atoms with E-state index in [0.29, 0.717) is 11.3 Å². The van der Waals surface area contributed by atoms with Crippen molar-refractivity contribution in [3.8, 4) is 11.3 Å². The molecular formula is C16H13FN2O2S. The Hall–Kier alpha value is -2.34. The molecule has 3 rings (SSSR count). The standard InChI is InChI=1S/C16H13FN2O2S/c17-14-6-2-1-5-13(14)15-8-11(16(20)21)10-19(15)22-12-4-3-7-18-9-12/h1-2,4-6,8-10H,3,7H2,(H,20,21). The van der Waals surface area contributed by atoms with Gasteiger partial charge in [-0.3, -0.25) is 8.96 Å². The Morgan fingerprint density at radius 1 is 1.36 bits per heavy atom. The van der Waals surface area contributed by atoms with Crippen molar-refractivity contribution in [1.29, 1.82) is 0 Å². The molecule has 0 bridgehead atoms. The van der Waals surface area contributed by atoms with Gasteiger partial charge in [-0.05, 0) is 36.6 Å². The van der Waals surface area contributed by atoms with Crippen molar-refractivity contribution in [2.24, 2.45) is 4.99 Å². The first-order valence-corrected chi connectivity index (χ1v) is 7.51. The van der Waals surface area contributed by atoms with E-state index in [1.165, 1.54) is 30.3 Å². The van der Waals surface area contributed by atoms with E-state index in [9.17, 15) is 14.3 Å². The predicted octanol–water partition coefficient (Wildman–Crippen LogP) is 3.85. The van der Waals surface area contributed by atoms with Gasteiger partial charge >= 0.3 is 5.97 Å². The van der Waals surface area contributed by atoms with Gasteiger partial charge in [0, 0.05) is 29.4 Å². The van der Waals surface area contributed by atoms with Crippen molar-refractivity contribution in [2.45, 2.75) is 6.42 Å². The minimum atomic E-state index is -1.04. The summed E-state index contributed by atoms with van der Waals surface area (Å²) < 4.78 is 15.7. The average molecular weight is 316 g/mol. The molecule has 0 spiro atoms. The highest BCUT2D eigenvalue weighted by atomic mass is 32.2. The summed E-state index contributed by atoms with van der Waals surface area (Å²) in [5, 5.41) is 9.19. The van der Waals surface area contributed by atoms with Gasteiger partial charge in [-0.2, -0.15) is 0 Å². The summed E-state index contributed by atoms with van der Waals surface area (Å²) in [7, 11) is 0. The molecule has 1 aromatic heterocycles. The molecule has 4 nitrogen and oxygen atoms in total. The summed E-state index contributed by atoms with van der Waals surface area (Å²) in [6.07, 6.45) is 6.13. The van der Waals surface area contributed by atoms with Gasteiger partial charge in [0.2, 0.25) is 0 Å². The van der Waals surface area contributed by atoms with Crippen LogP contribution < -0.4 is 0 Å². The lowest BCUT2D eigenvalue weighted by atomic mass is 10.1. The van der Waals surface area contributed by atoms with Gasteiger partial charge < -0.3 is 5.11 Å². The average Bonchev–Trinajstić information content (AvgIpc) is 2.93. The number of halogens is 1. The number of nitrogens with zero attached hydrogens (tertiary/aromatic N) is 2. The molecule has 0 amide bonds. The minimum Gasteiger partial charge on any atom is -0.478 e. The van der Waals surface area contributed by atoms with Crippen LogP contribution in [0, 0.1) is 5.82 Å². The lowest BCUT2D eigenvalue weighted by Gasteiger charge is -2.11. The number of rotatable bonds is 4. The van der Waals surface area contributed by atoms with E-state index in [4.69, 9.17) is 0 Å². The molecule has 0 aliphatic carbocycles. The zero-order valence-electron chi connectivity index (χ0n) is 11.6. The van der Waals surface area contributed by atoms with Crippen LogP contribution in [0.25, 0.3) is 11.3 Å². The highest BCUT2D eigenvalue weighted by Crippen LogP contribution is 2.31. The first-order chi connectivity index (χ1) is 10.6. The number of carboxylic acid groups (broad SMARTS) is 1. The maximum Gasteiger partial charge on any atom is 0.337 e. The Morgan fingerprint density at radius 2 is 2.18 bits per heavy atom. The van der Waals surface area contributed by atoms with Crippen LogP contribution in [0.1, 0.15) is 16.8 Å². The molecule has 1 N–H and O–H groups in total. The zero-order valence-corrected chi connectivity index (χ0v) is 12.4. The highest BCUT2D eigenvalue weighted by Gasteiger charge is 2.16. The number of aliphatic imine (C=N–C) groups is 1. The van der Waals surface area contributed by atoms with Crippen LogP contribution in [-0.4, -0.2) is 27.8 Å². The molecule has 112 valence electrons. The number of allylic oxidation sites excluding steroid dienone is 1. The number of carbonyl (C=O) groups is 1. The van der Waals surface area contributed by atoms with Gasteiger partial charge in [0.15, 0.2) is 0 Å². The molecule has 1 aliphatic rings. The van der Waals surface area contributed by atoms with E-state index in [2.05, 4.69) is 4.99 Å². The van der Waals surface area contributed by atoms with Crippen molar-refractivity contribution in [2.75, 3.05) is 6.54 Å². The number of benzene rings is 1. The fourth-order valence-electron chi connectivity index (χ4n) is 2.16. The smallest absolute Gasteiger partial charge is 0.337 e. The third-order valence-electron chi connectivity index (χ3n) is 3.21. The summed E-state index contributed by atoms with van der Waals surface area (Å²) in [5.41, 5.74) is 1.01. The SMILES string of the molecule is O=C(O)c1cc(-c2ccccc2F)n(SC2=CCCN=C2)c1. The monoisotopic (exact) mass is 316 g/mol. The van der Waals surface area contributed by atoms with Crippen molar-refractivity contribution in [3.63, 3.8) is 0 Å². The number of aromatic carboxylic acids is 1. The Morgan fingerprint density at radius 3 is 2.86 bits per heavy atom. The molecule has 2 heterocycles. The molecule has 0 saturated heterocycles. The first-order valence-electron chi connectivity index (χ1n) is 6.74. The van der Waals surface area contributed by atoms with Gasteiger partial charge in [0.1, 0.15) is 5.82 Å². The maximum atomic E-state index is 14.0. The van der Waals surface area contributed by atoms with Crippen LogP contribution in [0.3, 0.4) is 0 Å². The molecule has 1 aliphatic heterocycles. The molecule has 0 saturated carbocycles. The zero-order chi connectivity index (χ0) is 15.5. The topological polar surface area (TPSA) is 54.6 Å². The van der Waals surface area contributed by atoms with Crippen LogP contribution in [0.5, 0.6) is 0 Å². The van der Waals surface area contributed by atoms with Crippen LogP contribution in [0.15, 0.2) is 52.5 Å². The van der Waals surface area contributed by atoms with Crippen LogP contribution in [0.2, 0.25) is 0 Å². The first kappa shape index (κ1) is 14.6. The Labute approximate surface area is 131 Å². The number of carboxylic acids is 1. The Balaban J connectivity index is 2.04. The third kappa shape index (κ3) is 2.96. The van der Waals surface area contributed by atoms with E-state index < -0.39 is 5.97 Å². The van der Waals surface area contributed by atoms with Gasteiger partial charge in [-0.25, -0.2) is 9.18 Å². The van der Waals surface area contributed by atoms with Gasteiger partial charge in [-0.15, -0.1) is 0 Å². The molecule has 2 aromatic rings. The van der Waals surface area contributed by atoms with E-state index in [0.717, 1.165) is 17.9 Å². The second-order valence-electron chi connectivity index (χ2n) is 4.75. The minimum absolute atomic E-state index is 0.124.